The molecule has 2 aromatic carbocycles. The average Bonchev–Trinajstić information content (AvgIpc) is 2.53. The van der Waals surface area contributed by atoms with E-state index >= 15 is 0 Å². The van der Waals surface area contributed by atoms with Crippen molar-refractivity contribution in [2.24, 2.45) is 0 Å². The lowest BCUT2D eigenvalue weighted by Gasteiger charge is -2.28. The van der Waals surface area contributed by atoms with Crippen molar-refractivity contribution in [3.8, 4) is 16.9 Å². The van der Waals surface area contributed by atoms with Gasteiger partial charge in [0.1, 0.15) is 12.4 Å². The average molecular weight is 267 g/mol. The van der Waals surface area contributed by atoms with Crippen LogP contribution in [0, 0.1) is 0 Å². The number of rotatable bonds is 4. The van der Waals surface area contributed by atoms with Crippen molar-refractivity contribution in [2.75, 3.05) is 13.2 Å². The van der Waals surface area contributed by atoms with E-state index in [1.165, 1.54) is 16.7 Å². The van der Waals surface area contributed by atoms with Crippen LogP contribution in [0.15, 0.2) is 48.5 Å². The summed E-state index contributed by atoms with van der Waals surface area (Å²) < 4.78 is 5.93. The van der Waals surface area contributed by atoms with Crippen LogP contribution >= 0.6 is 0 Å². The van der Waals surface area contributed by atoms with Gasteiger partial charge in [-0.1, -0.05) is 49.4 Å². The Morgan fingerprint density at radius 2 is 1.95 bits per heavy atom. The molecular weight excluding hydrogens is 246 g/mol. The molecule has 1 aliphatic rings. The molecular formula is C18H21NO. The Labute approximate surface area is 120 Å². The predicted molar refractivity (Wildman–Crippen MR) is 83.2 cm³/mol. The summed E-state index contributed by atoms with van der Waals surface area (Å²) in [7, 11) is 0. The van der Waals surface area contributed by atoms with Crippen molar-refractivity contribution in [2.45, 2.75) is 25.8 Å². The lowest BCUT2D eigenvalue weighted by Crippen LogP contribution is -2.39. The molecule has 104 valence electrons. The molecule has 0 bridgehead atoms. The molecule has 0 unspecified atom stereocenters. The first kappa shape index (κ1) is 13.2. The van der Waals surface area contributed by atoms with Gasteiger partial charge in [0.25, 0.3) is 0 Å². The number of ether oxygens (including phenoxy) is 1. The van der Waals surface area contributed by atoms with E-state index in [4.69, 9.17) is 4.74 Å². The molecule has 0 radical (unpaired) electrons. The van der Waals surface area contributed by atoms with Crippen LogP contribution in [0.2, 0.25) is 0 Å². The number of hydrogen-bond donors (Lipinski definition) is 1. The van der Waals surface area contributed by atoms with Crippen molar-refractivity contribution in [3.63, 3.8) is 0 Å². The Hall–Kier alpha value is -1.80. The molecule has 2 heteroatoms. The van der Waals surface area contributed by atoms with Gasteiger partial charge in [-0.25, -0.2) is 0 Å². The molecule has 20 heavy (non-hydrogen) atoms. The third-order valence-corrected chi connectivity index (χ3v) is 3.79. The van der Waals surface area contributed by atoms with Crippen molar-refractivity contribution >= 4 is 0 Å². The van der Waals surface area contributed by atoms with Crippen LogP contribution in [0.1, 0.15) is 18.9 Å². The Bertz CT molecular complexity index is 565. The van der Waals surface area contributed by atoms with Crippen LogP contribution in [-0.4, -0.2) is 19.2 Å². The SMILES string of the molecule is CCCN[C@H]1COc2cccc(-c3ccccc3)c2C1. The standard InChI is InChI=1S/C18H21NO/c1-2-11-19-15-12-17-16(14-7-4-3-5-8-14)9-6-10-18(17)20-13-15/h3-10,15,19H,2,11-13H2,1H3/t15-/m1/s1. The zero-order valence-corrected chi connectivity index (χ0v) is 11.9. The van der Waals surface area contributed by atoms with Gasteiger partial charge in [0, 0.05) is 11.6 Å². The van der Waals surface area contributed by atoms with Gasteiger partial charge in [-0.05, 0) is 36.6 Å². The Morgan fingerprint density at radius 3 is 2.75 bits per heavy atom. The lowest BCUT2D eigenvalue weighted by atomic mass is 9.93. The fourth-order valence-electron chi connectivity index (χ4n) is 2.77. The first-order valence-corrected chi connectivity index (χ1v) is 7.42. The highest BCUT2D eigenvalue weighted by Gasteiger charge is 2.21. The highest BCUT2D eigenvalue weighted by atomic mass is 16.5. The monoisotopic (exact) mass is 267 g/mol. The molecule has 1 atom stereocenters. The summed E-state index contributed by atoms with van der Waals surface area (Å²) in [5.74, 6) is 1.04. The van der Waals surface area contributed by atoms with Crippen molar-refractivity contribution in [3.05, 3.63) is 54.1 Å². The van der Waals surface area contributed by atoms with Gasteiger partial charge in [0.15, 0.2) is 0 Å². The second-order valence-electron chi connectivity index (χ2n) is 5.31. The number of hydrogen-bond acceptors (Lipinski definition) is 2. The maximum Gasteiger partial charge on any atom is 0.123 e. The van der Waals surface area contributed by atoms with Crippen LogP contribution in [0.3, 0.4) is 0 Å². The second kappa shape index (κ2) is 6.10. The van der Waals surface area contributed by atoms with E-state index in [0.29, 0.717) is 6.04 Å². The van der Waals surface area contributed by atoms with Gasteiger partial charge in [-0.3, -0.25) is 0 Å². The third-order valence-electron chi connectivity index (χ3n) is 3.79. The molecule has 0 saturated carbocycles. The van der Waals surface area contributed by atoms with E-state index in [1.54, 1.807) is 0 Å². The molecule has 1 aliphatic heterocycles. The Kier molecular flexibility index (Phi) is 4.03. The molecule has 0 spiro atoms. The molecule has 2 nitrogen and oxygen atoms in total. The van der Waals surface area contributed by atoms with Crippen LogP contribution in [-0.2, 0) is 6.42 Å². The van der Waals surface area contributed by atoms with Gasteiger partial charge in [0.2, 0.25) is 0 Å². The Balaban J connectivity index is 1.91. The normalized spacial score (nSPS) is 17.4. The Morgan fingerprint density at radius 1 is 1.10 bits per heavy atom. The minimum atomic E-state index is 0.423. The second-order valence-corrected chi connectivity index (χ2v) is 5.31. The summed E-state index contributed by atoms with van der Waals surface area (Å²) in [5.41, 5.74) is 3.90. The molecule has 0 amide bonds. The van der Waals surface area contributed by atoms with Gasteiger partial charge in [0.05, 0.1) is 0 Å². The summed E-state index contributed by atoms with van der Waals surface area (Å²) in [6, 6.07) is 17.3. The van der Waals surface area contributed by atoms with E-state index in [-0.39, 0.29) is 0 Å². The van der Waals surface area contributed by atoms with Crippen LogP contribution in [0.25, 0.3) is 11.1 Å². The fraction of sp³-hybridized carbons (Fsp3) is 0.333. The predicted octanol–water partition coefficient (Wildman–Crippen LogP) is 3.66. The molecule has 1 heterocycles. The molecule has 0 aliphatic carbocycles. The summed E-state index contributed by atoms with van der Waals surface area (Å²) in [6.45, 7) is 4.02. The van der Waals surface area contributed by atoms with E-state index in [2.05, 4.69) is 60.8 Å². The molecule has 3 rings (SSSR count). The minimum Gasteiger partial charge on any atom is -0.492 e. The molecule has 0 aromatic heterocycles. The van der Waals surface area contributed by atoms with Crippen LogP contribution in [0.5, 0.6) is 5.75 Å². The van der Waals surface area contributed by atoms with E-state index in [9.17, 15) is 0 Å². The van der Waals surface area contributed by atoms with Gasteiger partial charge in [-0.15, -0.1) is 0 Å². The fourth-order valence-corrected chi connectivity index (χ4v) is 2.77. The first-order chi connectivity index (χ1) is 9.88. The van der Waals surface area contributed by atoms with Crippen LogP contribution in [0.4, 0.5) is 0 Å². The molecule has 0 saturated heterocycles. The van der Waals surface area contributed by atoms with E-state index in [1.807, 2.05) is 0 Å². The smallest absolute Gasteiger partial charge is 0.123 e. The van der Waals surface area contributed by atoms with Gasteiger partial charge >= 0.3 is 0 Å². The quantitative estimate of drug-likeness (QED) is 0.913. The summed E-state index contributed by atoms with van der Waals surface area (Å²) in [5, 5.41) is 3.57. The van der Waals surface area contributed by atoms with E-state index in [0.717, 1.165) is 31.7 Å². The van der Waals surface area contributed by atoms with Crippen molar-refractivity contribution < 1.29 is 4.74 Å². The number of fused-ring (bicyclic) bond motifs is 1. The third kappa shape index (κ3) is 2.70. The molecule has 2 aromatic rings. The highest BCUT2D eigenvalue weighted by molar-refractivity contribution is 5.70. The van der Waals surface area contributed by atoms with E-state index < -0.39 is 0 Å². The van der Waals surface area contributed by atoms with Crippen LogP contribution < -0.4 is 10.1 Å². The number of benzene rings is 2. The minimum absolute atomic E-state index is 0.423. The highest BCUT2D eigenvalue weighted by Crippen LogP contribution is 2.34. The number of nitrogens with one attached hydrogen (secondary N) is 1. The largest absolute Gasteiger partial charge is 0.492 e. The lowest BCUT2D eigenvalue weighted by molar-refractivity contribution is 0.239. The summed E-state index contributed by atoms with van der Waals surface area (Å²) in [4.78, 5) is 0. The molecule has 0 fully saturated rings. The first-order valence-electron chi connectivity index (χ1n) is 7.42. The van der Waals surface area contributed by atoms with Gasteiger partial charge in [-0.2, -0.15) is 0 Å². The summed E-state index contributed by atoms with van der Waals surface area (Å²) in [6.07, 6.45) is 2.20. The van der Waals surface area contributed by atoms with Gasteiger partial charge < -0.3 is 10.1 Å². The molecule has 1 N–H and O–H groups in total. The summed E-state index contributed by atoms with van der Waals surface area (Å²) >= 11 is 0. The zero-order valence-electron chi connectivity index (χ0n) is 11.9. The van der Waals surface area contributed by atoms with Crippen molar-refractivity contribution in [1.29, 1.82) is 0 Å². The zero-order chi connectivity index (χ0) is 13.8. The van der Waals surface area contributed by atoms with Crippen molar-refractivity contribution in [1.82, 2.24) is 5.32 Å². The topological polar surface area (TPSA) is 21.3 Å². The maximum absolute atomic E-state index is 5.93. The maximum atomic E-state index is 5.93.